The first-order valence-electron chi connectivity index (χ1n) is 6.88. The molecule has 2 unspecified atom stereocenters. The third kappa shape index (κ3) is 2.18. The molecular formula is C15H17ClN2O2. The van der Waals surface area contributed by atoms with Crippen molar-refractivity contribution < 1.29 is 9.59 Å². The lowest BCUT2D eigenvalue weighted by Gasteiger charge is -2.38. The molecule has 2 aliphatic rings. The Morgan fingerprint density at radius 1 is 1.30 bits per heavy atom. The van der Waals surface area contributed by atoms with E-state index in [-0.39, 0.29) is 17.9 Å². The predicted molar refractivity (Wildman–Crippen MR) is 77.8 cm³/mol. The molecule has 1 saturated heterocycles. The van der Waals surface area contributed by atoms with Crippen molar-refractivity contribution in [3.05, 3.63) is 28.8 Å². The normalized spacial score (nSPS) is 26.6. The first-order valence-corrected chi connectivity index (χ1v) is 7.26. The third-order valence-corrected chi connectivity index (χ3v) is 4.33. The Kier molecular flexibility index (Phi) is 3.21. The third-order valence-electron chi connectivity index (χ3n) is 4.09. The minimum absolute atomic E-state index is 0.0232. The average Bonchev–Trinajstić information content (AvgIpc) is 3.22. The van der Waals surface area contributed by atoms with Gasteiger partial charge in [-0.2, -0.15) is 0 Å². The van der Waals surface area contributed by atoms with Crippen LogP contribution in [0.2, 0.25) is 5.02 Å². The summed E-state index contributed by atoms with van der Waals surface area (Å²) < 4.78 is 0. The van der Waals surface area contributed by atoms with Crippen LogP contribution >= 0.6 is 11.6 Å². The van der Waals surface area contributed by atoms with E-state index in [0.29, 0.717) is 10.9 Å². The highest BCUT2D eigenvalue weighted by Crippen LogP contribution is 2.37. The molecule has 1 aromatic carbocycles. The number of benzene rings is 1. The van der Waals surface area contributed by atoms with Crippen LogP contribution in [0.3, 0.4) is 0 Å². The van der Waals surface area contributed by atoms with E-state index in [1.165, 1.54) is 0 Å². The predicted octanol–water partition coefficient (Wildman–Crippen LogP) is 2.28. The molecule has 3 rings (SSSR count). The van der Waals surface area contributed by atoms with Gasteiger partial charge < -0.3 is 5.32 Å². The number of nitrogens with zero attached hydrogens (tertiary/aromatic N) is 1. The summed E-state index contributed by atoms with van der Waals surface area (Å²) in [4.78, 5) is 26.4. The summed E-state index contributed by atoms with van der Waals surface area (Å²) in [5.41, 5.74) is 1.68. The van der Waals surface area contributed by atoms with Crippen molar-refractivity contribution in [2.45, 2.75) is 38.8 Å². The Bertz CT molecular complexity index is 583. The molecule has 4 nitrogen and oxygen atoms in total. The molecule has 2 amide bonds. The van der Waals surface area contributed by atoms with Gasteiger partial charge in [0.25, 0.3) is 5.91 Å². The van der Waals surface area contributed by atoms with E-state index in [9.17, 15) is 9.59 Å². The second-order valence-corrected chi connectivity index (χ2v) is 6.08. The van der Waals surface area contributed by atoms with Crippen molar-refractivity contribution in [3.63, 3.8) is 0 Å². The molecular weight excluding hydrogens is 276 g/mol. The number of piperazine rings is 1. The van der Waals surface area contributed by atoms with Crippen LogP contribution in [0.4, 0.5) is 5.69 Å². The Labute approximate surface area is 123 Å². The molecule has 2 fully saturated rings. The van der Waals surface area contributed by atoms with Gasteiger partial charge >= 0.3 is 0 Å². The number of carbonyl (C=O) groups excluding carboxylic acids is 2. The lowest BCUT2D eigenvalue weighted by molar-refractivity contribution is -0.134. The maximum atomic E-state index is 12.7. The van der Waals surface area contributed by atoms with Crippen molar-refractivity contribution in [1.82, 2.24) is 5.32 Å². The number of amides is 2. The Hall–Kier alpha value is -1.55. The molecule has 2 atom stereocenters. The van der Waals surface area contributed by atoms with E-state index in [1.54, 1.807) is 24.0 Å². The molecule has 0 bridgehead atoms. The zero-order valence-electron chi connectivity index (χ0n) is 11.5. The van der Waals surface area contributed by atoms with Crippen LogP contribution in [0.5, 0.6) is 0 Å². The van der Waals surface area contributed by atoms with Gasteiger partial charge in [-0.1, -0.05) is 17.7 Å². The molecule has 1 aliphatic carbocycles. The zero-order valence-corrected chi connectivity index (χ0v) is 12.3. The second kappa shape index (κ2) is 4.77. The summed E-state index contributed by atoms with van der Waals surface area (Å²) in [6.07, 6.45) is 2.01. The molecule has 1 saturated carbocycles. The molecule has 1 aromatic rings. The smallest absolute Gasteiger partial charge is 0.250 e. The lowest BCUT2D eigenvalue weighted by Crippen LogP contribution is -2.63. The van der Waals surface area contributed by atoms with Crippen LogP contribution in [-0.2, 0) is 9.59 Å². The monoisotopic (exact) mass is 292 g/mol. The summed E-state index contributed by atoms with van der Waals surface area (Å²) in [6.45, 7) is 3.67. The highest BCUT2D eigenvalue weighted by Gasteiger charge is 2.46. The number of hydrogen-bond donors (Lipinski definition) is 1. The van der Waals surface area contributed by atoms with Crippen LogP contribution in [0, 0.1) is 12.8 Å². The summed E-state index contributed by atoms with van der Waals surface area (Å²) in [7, 11) is 0. The largest absolute Gasteiger partial charge is 0.342 e. The molecule has 0 spiro atoms. The maximum Gasteiger partial charge on any atom is 0.250 e. The highest BCUT2D eigenvalue weighted by atomic mass is 35.5. The minimum atomic E-state index is -0.505. The molecule has 20 heavy (non-hydrogen) atoms. The lowest BCUT2D eigenvalue weighted by atomic mass is 10.0. The SMILES string of the molecule is Cc1ccc(Cl)cc1N1C(=O)C(C2CC2)NC(=O)C1C. The van der Waals surface area contributed by atoms with E-state index in [1.807, 2.05) is 13.0 Å². The maximum absolute atomic E-state index is 12.7. The van der Waals surface area contributed by atoms with Crippen molar-refractivity contribution >= 4 is 29.1 Å². The zero-order chi connectivity index (χ0) is 14.4. The van der Waals surface area contributed by atoms with Crippen molar-refractivity contribution in [2.24, 2.45) is 5.92 Å². The molecule has 1 N–H and O–H groups in total. The van der Waals surface area contributed by atoms with E-state index >= 15 is 0 Å². The van der Waals surface area contributed by atoms with E-state index in [2.05, 4.69) is 5.32 Å². The fourth-order valence-electron chi connectivity index (χ4n) is 2.71. The number of halogens is 1. The molecule has 106 valence electrons. The van der Waals surface area contributed by atoms with Gasteiger partial charge in [-0.3, -0.25) is 14.5 Å². The van der Waals surface area contributed by atoms with Crippen LogP contribution < -0.4 is 10.2 Å². The standard InChI is InChI=1S/C15H17ClN2O2/c1-8-3-6-11(16)7-12(8)18-9(2)14(19)17-13(15(18)20)10-4-5-10/h3,6-7,9-10,13H,4-5H2,1-2H3,(H,17,19). The van der Waals surface area contributed by atoms with Gasteiger partial charge in [-0.25, -0.2) is 0 Å². The molecule has 1 heterocycles. The van der Waals surface area contributed by atoms with E-state index in [0.717, 1.165) is 24.1 Å². The Morgan fingerprint density at radius 3 is 2.65 bits per heavy atom. The van der Waals surface area contributed by atoms with E-state index < -0.39 is 6.04 Å². The van der Waals surface area contributed by atoms with Gasteiger partial charge in [-0.15, -0.1) is 0 Å². The number of anilines is 1. The second-order valence-electron chi connectivity index (χ2n) is 5.64. The number of nitrogens with one attached hydrogen (secondary N) is 1. The molecule has 0 aromatic heterocycles. The van der Waals surface area contributed by atoms with Crippen LogP contribution in [0.25, 0.3) is 0 Å². The van der Waals surface area contributed by atoms with Gasteiger partial charge in [0, 0.05) is 10.7 Å². The van der Waals surface area contributed by atoms with Crippen molar-refractivity contribution in [2.75, 3.05) is 4.90 Å². The van der Waals surface area contributed by atoms with Crippen LogP contribution in [0.1, 0.15) is 25.3 Å². The fourth-order valence-corrected chi connectivity index (χ4v) is 2.88. The van der Waals surface area contributed by atoms with Gasteiger partial charge in [0.05, 0.1) is 0 Å². The fraction of sp³-hybridized carbons (Fsp3) is 0.467. The summed E-state index contributed by atoms with van der Waals surface area (Å²) >= 11 is 6.04. The molecule has 5 heteroatoms. The van der Waals surface area contributed by atoms with Gasteiger partial charge in [0.15, 0.2) is 0 Å². The Morgan fingerprint density at radius 2 is 2.00 bits per heavy atom. The van der Waals surface area contributed by atoms with Crippen molar-refractivity contribution in [3.8, 4) is 0 Å². The molecule has 0 radical (unpaired) electrons. The number of hydrogen-bond acceptors (Lipinski definition) is 2. The molecule has 1 aliphatic heterocycles. The summed E-state index contributed by atoms with van der Waals surface area (Å²) in [6, 6.07) is 4.54. The highest BCUT2D eigenvalue weighted by molar-refractivity contribution is 6.31. The first kappa shape index (κ1) is 13.4. The average molecular weight is 293 g/mol. The Balaban J connectivity index is 2.01. The topological polar surface area (TPSA) is 49.4 Å². The summed E-state index contributed by atoms with van der Waals surface area (Å²) in [5.74, 6) is 0.173. The van der Waals surface area contributed by atoms with Gasteiger partial charge in [-0.05, 0) is 50.3 Å². The number of rotatable bonds is 2. The number of carbonyl (C=O) groups is 2. The van der Waals surface area contributed by atoms with Gasteiger partial charge in [0.1, 0.15) is 12.1 Å². The van der Waals surface area contributed by atoms with Gasteiger partial charge in [0.2, 0.25) is 5.91 Å². The quantitative estimate of drug-likeness (QED) is 0.909. The first-order chi connectivity index (χ1) is 9.49. The minimum Gasteiger partial charge on any atom is -0.342 e. The van der Waals surface area contributed by atoms with Crippen molar-refractivity contribution in [1.29, 1.82) is 0 Å². The van der Waals surface area contributed by atoms with Crippen LogP contribution in [0.15, 0.2) is 18.2 Å². The van der Waals surface area contributed by atoms with E-state index in [4.69, 9.17) is 11.6 Å². The summed E-state index contributed by atoms with van der Waals surface area (Å²) in [5, 5.41) is 3.42. The van der Waals surface area contributed by atoms with Crippen LogP contribution in [-0.4, -0.2) is 23.9 Å². The number of aryl methyl sites for hydroxylation is 1.